The van der Waals surface area contributed by atoms with Gasteiger partial charge in [0.1, 0.15) is 11.1 Å². The van der Waals surface area contributed by atoms with E-state index in [0.29, 0.717) is 42.5 Å². The van der Waals surface area contributed by atoms with Crippen molar-refractivity contribution in [1.82, 2.24) is 19.6 Å². The van der Waals surface area contributed by atoms with E-state index in [1.165, 1.54) is 19.3 Å². The van der Waals surface area contributed by atoms with Crippen LogP contribution in [-0.4, -0.2) is 149 Å². The third-order valence-electron chi connectivity index (χ3n) is 14.4. The minimum Gasteiger partial charge on any atom is -0.469 e. The highest BCUT2D eigenvalue weighted by atomic mass is 32.2. The molecule has 0 radical (unpaired) electrons. The lowest BCUT2D eigenvalue weighted by molar-refractivity contribution is -0.142. The van der Waals surface area contributed by atoms with Crippen LogP contribution in [-0.2, 0) is 29.6 Å². The second-order valence-electron chi connectivity index (χ2n) is 18.8. The van der Waals surface area contributed by atoms with Crippen molar-refractivity contribution in [3.63, 3.8) is 0 Å². The summed E-state index contributed by atoms with van der Waals surface area (Å²) in [6.07, 6.45) is 10.1. The molecule has 5 aliphatic rings. The number of hydrogen-bond donors (Lipinski definition) is 1. The number of likely N-dealkylation sites (tertiary alicyclic amines) is 3. The number of piperidine rings is 2. The molecule has 0 bridgehead atoms. The predicted molar refractivity (Wildman–Crippen MR) is 228 cm³/mol. The monoisotopic (exact) mass is 835 g/mol. The number of carbonyl (C=O) groups excluding carboxylic acids is 2. The quantitative estimate of drug-likeness (QED) is 0.198. The van der Waals surface area contributed by atoms with Crippen LogP contribution in [0.15, 0.2) is 65.6 Å². The number of methoxy groups -OCH3 is 1. The first-order chi connectivity index (χ1) is 28.2. The summed E-state index contributed by atoms with van der Waals surface area (Å²) >= 11 is 0. The van der Waals surface area contributed by atoms with Gasteiger partial charge in [0, 0.05) is 88.4 Å². The van der Waals surface area contributed by atoms with E-state index >= 15 is 4.39 Å². The third-order valence-corrected chi connectivity index (χ3v) is 16.5. The first-order valence-electron chi connectivity index (χ1n) is 21.9. The lowest BCUT2D eigenvalue weighted by Gasteiger charge is -2.54. The number of anilines is 1. The third kappa shape index (κ3) is 9.90. The van der Waals surface area contributed by atoms with Gasteiger partial charge in [-0.3, -0.25) is 9.59 Å². The first kappa shape index (κ1) is 43.7. The number of likely N-dealkylation sites (N-methyl/N-ethyl adjacent to an activating group) is 1. The Hall–Kier alpha value is -3.36. The van der Waals surface area contributed by atoms with Crippen LogP contribution in [0.1, 0.15) is 63.9 Å². The summed E-state index contributed by atoms with van der Waals surface area (Å²) in [7, 11) is 1.79. The molecule has 0 aromatic heterocycles. The van der Waals surface area contributed by atoms with E-state index in [0.717, 1.165) is 95.7 Å². The van der Waals surface area contributed by atoms with Gasteiger partial charge in [-0.1, -0.05) is 24.6 Å². The zero-order valence-electron chi connectivity index (χ0n) is 35.6. The van der Waals surface area contributed by atoms with Crippen molar-refractivity contribution in [2.45, 2.75) is 79.5 Å². The molecule has 4 heterocycles. The summed E-state index contributed by atoms with van der Waals surface area (Å²) in [5.74, 6) is 0.668. The van der Waals surface area contributed by atoms with Gasteiger partial charge in [-0.15, -0.1) is 0 Å². The predicted octanol–water partition coefficient (Wildman–Crippen LogP) is 4.84. The standard InChI is InChI=1S/C46H66FN5O6S/c1-45(55)19-24-50(25-20-45)33-46(37-9-6-10-38(47)27-37,42-11-5-8-35(42)26-44(54)58-4)36-17-22-49(23-18-36)28-34-29-51(30-34)39-13-15-40(16-14-39)59(56,57)41-31-52(32-41)43(53)12-7-21-48(2)3/h6-7,9-10,12-16,27,34-36,41-42,55H,5,8,11,17-26,28-33H2,1-4H3/b12-7+/t35-,42+,46+/m1/s1. The van der Waals surface area contributed by atoms with E-state index < -0.39 is 20.7 Å². The van der Waals surface area contributed by atoms with Crippen molar-refractivity contribution in [2.75, 3.05) is 98.1 Å². The van der Waals surface area contributed by atoms with Crippen LogP contribution < -0.4 is 4.90 Å². The molecule has 0 unspecified atom stereocenters. The second-order valence-corrected chi connectivity index (χ2v) is 21.0. The molecule has 3 atom stereocenters. The molecule has 11 nitrogen and oxygen atoms in total. The molecule has 1 aliphatic carbocycles. The lowest BCUT2D eigenvalue weighted by Crippen LogP contribution is -2.57. The summed E-state index contributed by atoms with van der Waals surface area (Å²) in [5.41, 5.74) is 1.07. The highest BCUT2D eigenvalue weighted by Gasteiger charge is 2.53. The molecule has 2 aromatic carbocycles. The number of esters is 1. The van der Waals surface area contributed by atoms with Gasteiger partial charge >= 0.3 is 5.97 Å². The van der Waals surface area contributed by atoms with Crippen molar-refractivity contribution in [3.05, 3.63) is 72.1 Å². The molecule has 1 N–H and O–H groups in total. The molecule has 0 spiro atoms. The SMILES string of the molecule is COC(=O)C[C@H]1CCC[C@@H]1[C@](CN1CCC(C)(O)CC1)(c1cccc(F)c1)C1CCN(CC2CN(c3ccc(S(=O)(=O)C4CN(C(=O)/C=C/CN(C)C)C4)cc3)C2)CC1. The number of benzene rings is 2. The summed E-state index contributed by atoms with van der Waals surface area (Å²) < 4.78 is 47.1. The number of ether oxygens (including phenoxy) is 1. The average molecular weight is 836 g/mol. The fourth-order valence-electron chi connectivity index (χ4n) is 10.9. The normalized spacial score (nSPS) is 24.9. The fraction of sp³-hybridized carbons (Fsp3) is 0.652. The maximum absolute atomic E-state index is 15.2. The first-order valence-corrected chi connectivity index (χ1v) is 23.4. The van der Waals surface area contributed by atoms with E-state index in [1.807, 2.05) is 44.1 Å². The largest absolute Gasteiger partial charge is 0.469 e. The Morgan fingerprint density at radius 1 is 0.966 bits per heavy atom. The Morgan fingerprint density at radius 3 is 2.31 bits per heavy atom. The summed E-state index contributed by atoms with van der Waals surface area (Å²) in [6, 6.07) is 14.5. The van der Waals surface area contributed by atoms with E-state index in [-0.39, 0.29) is 48.0 Å². The number of carbonyl (C=O) groups is 2. The molecular formula is C46H66FN5O6S. The molecular weight excluding hydrogens is 770 g/mol. The van der Waals surface area contributed by atoms with Crippen LogP contribution in [0.4, 0.5) is 10.1 Å². The molecule has 1 saturated carbocycles. The van der Waals surface area contributed by atoms with Gasteiger partial charge in [0.05, 0.1) is 17.6 Å². The molecule has 4 saturated heterocycles. The molecule has 324 valence electrons. The number of hydrogen-bond acceptors (Lipinski definition) is 10. The maximum atomic E-state index is 15.2. The van der Waals surface area contributed by atoms with Crippen molar-refractivity contribution < 1.29 is 32.2 Å². The summed E-state index contributed by atoms with van der Waals surface area (Å²) in [4.78, 5) is 36.4. The molecule has 59 heavy (non-hydrogen) atoms. The van der Waals surface area contributed by atoms with Crippen LogP contribution >= 0.6 is 0 Å². The topological polar surface area (TPSA) is 114 Å². The summed E-state index contributed by atoms with van der Waals surface area (Å²) in [5, 5.41) is 10.2. The van der Waals surface area contributed by atoms with Gasteiger partial charge in [-0.25, -0.2) is 12.8 Å². The fourth-order valence-corrected chi connectivity index (χ4v) is 12.6. The highest BCUT2D eigenvalue weighted by molar-refractivity contribution is 7.92. The van der Waals surface area contributed by atoms with Crippen LogP contribution in [0.5, 0.6) is 0 Å². The van der Waals surface area contributed by atoms with E-state index in [4.69, 9.17) is 4.74 Å². The van der Waals surface area contributed by atoms with Crippen molar-refractivity contribution in [2.24, 2.45) is 23.7 Å². The zero-order valence-corrected chi connectivity index (χ0v) is 36.4. The van der Waals surface area contributed by atoms with Gasteiger partial charge in [0.2, 0.25) is 5.91 Å². The van der Waals surface area contributed by atoms with Crippen LogP contribution in [0, 0.1) is 29.5 Å². The van der Waals surface area contributed by atoms with Crippen LogP contribution in [0.25, 0.3) is 0 Å². The van der Waals surface area contributed by atoms with Crippen molar-refractivity contribution in [3.8, 4) is 0 Å². The van der Waals surface area contributed by atoms with Crippen LogP contribution in [0.2, 0.25) is 0 Å². The van der Waals surface area contributed by atoms with Crippen molar-refractivity contribution in [1.29, 1.82) is 0 Å². The molecule has 4 aliphatic heterocycles. The van der Waals surface area contributed by atoms with Gasteiger partial charge < -0.3 is 34.3 Å². The van der Waals surface area contributed by atoms with E-state index in [2.05, 4.69) is 20.8 Å². The average Bonchev–Trinajstić information content (AvgIpc) is 3.63. The minimum absolute atomic E-state index is 0.151. The Labute approximate surface area is 351 Å². The zero-order chi connectivity index (χ0) is 42.0. The Morgan fingerprint density at radius 2 is 1.66 bits per heavy atom. The molecule has 5 fully saturated rings. The number of rotatable bonds is 15. The van der Waals surface area contributed by atoms with E-state index in [9.17, 15) is 23.1 Å². The number of amides is 1. The second kappa shape index (κ2) is 18.3. The maximum Gasteiger partial charge on any atom is 0.305 e. The van der Waals surface area contributed by atoms with E-state index in [1.54, 1.807) is 29.2 Å². The Balaban J connectivity index is 0.972. The minimum atomic E-state index is -3.53. The number of halogens is 1. The van der Waals surface area contributed by atoms with Gasteiger partial charge in [-0.05, 0) is 132 Å². The number of sulfone groups is 1. The molecule has 1 amide bonds. The summed E-state index contributed by atoms with van der Waals surface area (Å²) in [6.45, 7) is 10.1. The number of nitrogens with zero attached hydrogens (tertiary/aromatic N) is 5. The molecule has 13 heteroatoms. The van der Waals surface area contributed by atoms with Crippen molar-refractivity contribution >= 4 is 27.4 Å². The highest BCUT2D eigenvalue weighted by Crippen LogP contribution is 2.54. The van der Waals surface area contributed by atoms with Gasteiger partial charge in [0.25, 0.3) is 0 Å². The van der Waals surface area contributed by atoms with Gasteiger partial charge in [-0.2, -0.15) is 0 Å². The molecule has 2 aromatic rings. The lowest BCUT2D eigenvalue weighted by atomic mass is 9.56. The Kier molecular flexibility index (Phi) is 13.6. The Bertz CT molecular complexity index is 1900. The van der Waals surface area contributed by atoms with Gasteiger partial charge in [0.15, 0.2) is 9.84 Å². The smallest absolute Gasteiger partial charge is 0.305 e. The number of aliphatic hydroxyl groups is 1. The molecule has 7 rings (SSSR count). The van der Waals surface area contributed by atoms with Crippen LogP contribution in [0.3, 0.4) is 0 Å².